The molecule has 0 aliphatic carbocycles. The normalized spacial score (nSPS) is 11.5. The molecule has 0 radical (unpaired) electrons. The van der Waals surface area contributed by atoms with E-state index < -0.39 is 52.3 Å². The van der Waals surface area contributed by atoms with Gasteiger partial charge in [0.25, 0.3) is 5.69 Å². The molecule has 0 saturated carbocycles. The first-order valence-electron chi connectivity index (χ1n) is 5.39. The van der Waals surface area contributed by atoms with Crippen LogP contribution in [0, 0.1) is 10.1 Å². The van der Waals surface area contributed by atoms with Gasteiger partial charge in [0, 0.05) is 12.1 Å². The number of aliphatic hydroxyl groups excluding tert-OH is 1. The molecule has 10 heteroatoms. The first-order valence-corrected chi connectivity index (χ1v) is 5.39. The summed E-state index contributed by atoms with van der Waals surface area (Å²) in [6, 6.07) is 2.46. The van der Waals surface area contributed by atoms with Gasteiger partial charge in [-0.2, -0.15) is 0 Å². The lowest BCUT2D eigenvalue weighted by Gasteiger charge is -2.08. The van der Waals surface area contributed by atoms with Crippen molar-refractivity contribution in [2.75, 3.05) is 6.61 Å². The molecule has 0 aromatic heterocycles. The van der Waals surface area contributed by atoms with E-state index >= 15 is 0 Å². The van der Waals surface area contributed by atoms with Crippen molar-refractivity contribution in [1.82, 2.24) is 0 Å². The summed E-state index contributed by atoms with van der Waals surface area (Å²) in [7, 11) is 0. The number of hydrogen-bond acceptors (Lipinski definition) is 7. The van der Waals surface area contributed by atoms with E-state index in [-0.39, 0.29) is 0 Å². The Kier molecular flexibility index (Phi) is 4.91. The van der Waals surface area contributed by atoms with E-state index in [1.165, 1.54) is 0 Å². The maximum absolute atomic E-state index is 11.6. The Morgan fingerprint density at radius 3 is 2.33 bits per heavy atom. The molecule has 10 nitrogen and oxygen atoms in total. The van der Waals surface area contributed by atoms with Gasteiger partial charge < -0.3 is 20.7 Å². The maximum Gasteiger partial charge on any atom is 0.338 e. The number of carbonyl (C=O) groups is 3. The van der Waals surface area contributed by atoms with E-state index in [9.17, 15) is 24.5 Å². The number of nitrogens with two attached hydrogens (primary N) is 1. The molecule has 0 saturated heterocycles. The average molecular weight is 298 g/mol. The molecule has 1 rings (SSSR count). The number of esters is 1. The van der Waals surface area contributed by atoms with Crippen molar-refractivity contribution in [2.24, 2.45) is 5.73 Å². The molecule has 0 aliphatic rings. The van der Waals surface area contributed by atoms with Gasteiger partial charge in [0.05, 0.1) is 16.1 Å². The topological polar surface area (TPSA) is 170 Å². The first kappa shape index (κ1) is 16.0. The molecule has 1 aromatic carbocycles. The predicted molar refractivity (Wildman–Crippen MR) is 65.5 cm³/mol. The summed E-state index contributed by atoms with van der Waals surface area (Å²) in [6.45, 7) is -0.751. The summed E-state index contributed by atoms with van der Waals surface area (Å²) in [5, 5.41) is 28.5. The number of aromatic carboxylic acids is 1. The number of carbonyl (C=O) groups excluding carboxylic acids is 2. The second kappa shape index (κ2) is 6.43. The van der Waals surface area contributed by atoms with Gasteiger partial charge in [0.15, 0.2) is 6.10 Å². The first-order chi connectivity index (χ1) is 9.72. The van der Waals surface area contributed by atoms with Gasteiger partial charge in [-0.25, -0.2) is 9.59 Å². The lowest BCUT2D eigenvalue weighted by atomic mass is 10.1. The van der Waals surface area contributed by atoms with Crippen LogP contribution in [0.2, 0.25) is 0 Å². The lowest BCUT2D eigenvalue weighted by molar-refractivity contribution is -0.384. The SMILES string of the molecule is NC(=O)C(O)COC(=O)c1cc(C(=O)O)cc([N+](=O)[O-])c1. The van der Waals surface area contributed by atoms with Gasteiger partial charge in [0.1, 0.15) is 6.61 Å². The zero-order chi connectivity index (χ0) is 16.2. The zero-order valence-electron chi connectivity index (χ0n) is 10.4. The number of amides is 1. The van der Waals surface area contributed by atoms with E-state index in [4.69, 9.17) is 15.9 Å². The molecule has 0 heterocycles. The minimum atomic E-state index is -1.73. The monoisotopic (exact) mass is 298 g/mol. The van der Waals surface area contributed by atoms with E-state index in [1.54, 1.807) is 0 Å². The highest BCUT2D eigenvalue weighted by Crippen LogP contribution is 2.18. The summed E-state index contributed by atoms with van der Waals surface area (Å²) >= 11 is 0. The summed E-state index contributed by atoms with van der Waals surface area (Å²) in [5.74, 6) is -3.72. The molecule has 4 N–H and O–H groups in total. The Morgan fingerprint density at radius 2 is 1.86 bits per heavy atom. The van der Waals surface area contributed by atoms with Crippen molar-refractivity contribution >= 4 is 23.5 Å². The van der Waals surface area contributed by atoms with Crippen LogP contribution in [0.1, 0.15) is 20.7 Å². The summed E-state index contributed by atoms with van der Waals surface area (Å²) < 4.78 is 4.52. The van der Waals surface area contributed by atoms with Crippen LogP contribution < -0.4 is 5.73 Å². The molecule has 1 atom stereocenters. The quantitative estimate of drug-likeness (QED) is 0.351. The standard InChI is InChI=1S/C11H10N2O8/c12-9(15)8(14)4-21-11(18)6-1-5(10(16)17)2-7(3-6)13(19)20/h1-3,8,14H,4H2,(H2,12,15)(H,16,17). The number of primary amides is 1. The molecule has 1 aromatic rings. The maximum atomic E-state index is 11.6. The number of carboxylic acids is 1. The average Bonchev–Trinajstić information content (AvgIpc) is 2.43. The van der Waals surface area contributed by atoms with Crippen molar-refractivity contribution in [2.45, 2.75) is 6.10 Å². The third kappa shape index (κ3) is 4.24. The van der Waals surface area contributed by atoms with Crippen molar-refractivity contribution in [3.63, 3.8) is 0 Å². The number of aliphatic hydroxyl groups is 1. The minimum absolute atomic E-state index is 0.404. The van der Waals surface area contributed by atoms with Gasteiger partial charge in [-0.05, 0) is 6.07 Å². The Balaban J connectivity index is 3.00. The van der Waals surface area contributed by atoms with Crippen LogP contribution in [0.25, 0.3) is 0 Å². The third-order valence-corrected chi connectivity index (χ3v) is 2.31. The Morgan fingerprint density at radius 1 is 1.29 bits per heavy atom. The van der Waals surface area contributed by atoms with E-state index in [2.05, 4.69) is 4.74 Å². The van der Waals surface area contributed by atoms with Crippen LogP contribution in [-0.2, 0) is 9.53 Å². The van der Waals surface area contributed by atoms with Crippen molar-refractivity contribution in [1.29, 1.82) is 0 Å². The highest BCUT2D eigenvalue weighted by molar-refractivity contribution is 5.95. The minimum Gasteiger partial charge on any atom is -0.478 e. The van der Waals surface area contributed by atoms with E-state index in [0.717, 1.165) is 18.2 Å². The highest BCUT2D eigenvalue weighted by Gasteiger charge is 2.20. The third-order valence-electron chi connectivity index (χ3n) is 2.31. The van der Waals surface area contributed by atoms with Crippen molar-refractivity contribution in [3.8, 4) is 0 Å². The number of nitrogens with zero attached hydrogens (tertiary/aromatic N) is 1. The fourth-order valence-corrected chi connectivity index (χ4v) is 1.28. The van der Waals surface area contributed by atoms with Crippen LogP contribution in [0.3, 0.4) is 0 Å². The van der Waals surface area contributed by atoms with Gasteiger partial charge in [-0.3, -0.25) is 14.9 Å². The number of nitro benzene ring substituents is 1. The fraction of sp³-hybridized carbons (Fsp3) is 0.182. The summed E-state index contributed by atoms with van der Waals surface area (Å²) in [6.07, 6.45) is -1.73. The number of carboxylic acid groups (broad SMARTS) is 1. The Labute approximate surface area is 116 Å². The van der Waals surface area contributed by atoms with Gasteiger partial charge in [-0.15, -0.1) is 0 Å². The Hall–Kier alpha value is -3.01. The van der Waals surface area contributed by atoms with Gasteiger partial charge in [0.2, 0.25) is 5.91 Å². The lowest BCUT2D eigenvalue weighted by Crippen LogP contribution is -2.33. The molecular weight excluding hydrogens is 288 g/mol. The summed E-state index contributed by atoms with van der Waals surface area (Å²) in [4.78, 5) is 42.8. The molecular formula is C11H10N2O8. The van der Waals surface area contributed by atoms with Crippen molar-refractivity contribution < 1.29 is 34.3 Å². The number of rotatable bonds is 6. The largest absolute Gasteiger partial charge is 0.478 e. The van der Waals surface area contributed by atoms with Crippen LogP contribution in [0.4, 0.5) is 5.69 Å². The number of non-ortho nitro benzene ring substituents is 1. The molecule has 1 amide bonds. The van der Waals surface area contributed by atoms with Crippen LogP contribution >= 0.6 is 0 Å². The molecule has 112 valence electrons. The van der Waals surface area contributed by atoms with Crippen LogP contribution in [0.15, 0.2) is 18.2 Å². The van der Waals surface area contributed by atoms with Crippen molar-refractivity contribution in [3.05, 3.63) is 39.4 Å². The van der Waals surface area contributed by atoms with Crippen LogP contribution in [-0.4, -0.2) is 45.7 Å². The molecule has 0 bridgehead atoms. The fourth-order valence-electron chi connectivity index (χ4n) is 1.28. The molecule has 0 spiro atoms. The predicted octanol–water partition coefficient (Wildman–Crippen LogP) is -0.704. The molecule has 1 unspecified atom stereocenters. The second-order valence-corrected chi connectivity index (χ2v) is 3.85. The van der Waals surface area contributed by atoms with Crippen LogP contribution in [0.5, 0.6) is 0 Å². The van der Waals surface area contributed by atoms with Gasteiger partial charge >= 0.3 is 11.9 Å². The highest BCUT2D eigenvalue weighted by atomic mass is 16.6. The smallest absolute Gasteiger partial charge is 0.338 e. The number of benzene rings is 1. The summed E-state index contributed by atoms with van der Waals surface area (Å²) in [5.41, 5.74) is 3.24. The molecule has 0 fully saturated rings. The van der Waals surface area contributed by atoms with Gasteiger partial charge in [-0.1, -0.05) is 0 Å². The zero-order valence-corrected chi connectivity index (χ0v) is 10.4. The number of hydrogen-bond donors (Lipinski definition) is 3. The Bertz CT molecular complexity index is 580. The second-order valence-electron chi connectivity index (χ2n) is 3.85. The van der Waals surface area contributed by atoms with E-state index in [0.29, 0.717) is 0 Å². The van der Waals surface area contributed by atoms with E-state index in [1.807, 2.05) is 0 Å². The number of nitro groups is 1. The molecule has 21 heavy (non-hydrogen) atoms. The number of ether oxygens (including phenoxy) is 1. The molecule has 0 aliphatic heterocycles.